The molecule has 2 aromatic rings. The minimum atomic E-state index is -0.620. The lowest BCUT2D eigenvalue weighted by Gasteiger charge is -2.11. The molecule has 1 atom stereocenters. The number of ketones is 1. The zero-order valence-electron chi connectivity index (χ0n) is 18.0. The number of nitrogens with one attached hydrogen (secondary N) is 1. The van der Waals surface area contributed by atoms with Crippen LogP contribution in [0.5, 0.6) is 5.75 Å². The summed E-state index contributed by atoms with van der Waals surface area (Å²) in [6.45, 7) is 6.08. The average molecular weight is 429 g/mol. The predicted molar refractivity (Wildman–Crippen MR) is 112 cm³/mol. The summed E-state index contributed by atoms with van der Waals surface area (Å²) in [6, 6.07) is 6.52. The number of benzene rings is 1. The molecule has 1 fully saturated rings. The van der Waals surface area contributed by atoms with Crippen molar-refractivity contribution in [3.05, 3.63) is 52.3 Å². The molecule has 8 heteroatoms. The van der Waals surface area contributed by atoms with Gasteiger partial charge in [0.05, 0.1) is 29.5 Å². The van der Waals surface area contributed by atoms with E-state index in [0.717, 1.165) is 19.4 Å². The van der Waals surface area contributed by atoms with Crippen molar-refractivity contribution in [2.45, 2.75) is 39.7 Å². The molecule has 0 unspecified atom stereocenters. The van der Waals surface area contributed by atoms with Crippen LogP contribution in [0.15, 0.2) is 24.3 Å². The van der Waals surface area contributed by atoms with Crippen LogP contribution in [0, 0.1) is 13.8 Å². The summed E-state index contributed by atoms with van der Waals surface area (Å²) in [4.78, 5) is 39.8. The molecule has 2 heterocycles. The van der Waals surface area contributed by atoms with Crippen LogP contribution in [0.1, 0.15) is 62.2 Å². The Morgan fingerprint density at radius 3 is 2.48 bits per heavy atom. The molecule has 0 radical (unpaired) electrons. The van der Waals surface area contributed by atoms with Gasteiger partial charge in [0.1, 0.15) is 12.4 Å². The molecule has 1 aromatic carbocycles. The number of carbonyl (C=O) groups excluding carboxylic acids is 3. The molecule has 0 spiro atoms. The van der Waals surface area contributed by atoms with Crippen molar-refractivity contribution in [2.75, 3.05) is 26.4 Å². The maximum Gasteiger partial charge on any atom is 0.340 e. The maximum atomic E-state index is 12.5. The molecule has 0 amide bonds. The first-order chi connectivity index (χ1) is 14.9. The van der Waals surface area contributed by atoms with Gasteiger partial charge in [-0.2, -0.15) is 0 Å². The van der Waals surface area contributed by atoms with Gasteiger partial charge in [-0.1, -0.05) is 0 Å². The third-order valence-electron chi connectivity index (χ3n) is 5.08. The van der Waals surface area contributed by atoms with Gasteiger partial charge in [0.15, 0.2) is 6.61 Å². The summed E-state index contributed by atoms with van der Waals surface area (Å²) in [5, 5.41) is 0. The van der Waals surface area contributed by atoms with Gasteiger partial charge in [0.2, 0.25) is 5.78 Å². The number of esters is 2. The van der Waals surface area contributed by atoms with Crippen molar-refractivity contribution in [3.8, 4) is 5.75 Å². The lowest BCUT2D eigenvalue weighted by molar-refractivity contribution is 0.0472. The molecular weight excluding hydrogens is 402 g/mol. The summed E-state index contributed by atoms with van der Waals surface area (Å²) in [5.41, 5.74) is 1.87. The smallest absolute Gasteiger partial charge is 0.340 e. The Bertz CT molecular complexity index is 940. The van der Waals surface area contributed by atoms with Crippen LogP contribution in [0.3, 0.4) is 0 Å². The van der Waals surface area contributed by atoms with Gasteiger partial charge in [-0.05, 0) is 63.4 Å². The molecule has 8 nitrogen and oxygen atoms in total. The quantitative estimate of drug-likeness (QED) is 0.481. The topological polar surface area (TPSA) is 104 Å². The van der Waals surface area contributed by atoms with E-state index in [4.69, 9.17) is 18.9 Å². The van der Waals surface area contributed by atoms with Crippen LogP contribution in [0.25, 0.3) is 0 Å². The predicted octanol–water partition coefficient (Wildman–Crippen LogP) is 3.41. The normalized spacial score (nSPS) is 15.5. The zero-order chi connectivity index (χ0) is 22.4. The molecule has 1 N–H and O–H groups in total. The van der Waals surface area contributed by atoms with E-state index in [0.29, 0.717) is 34.7 Å². The number of rotatable bonds is 9. The van der Waals surface area contributed by atoms with E-state index in [-0.39, 0.29) is 18.4 Å². The minimum Gasteiger partial charge on any atom is -0.491 e. The maximum absolute atomic E-state index is 12.5. The number of carbonyl (C=O) groups is 3. The van der Waals surface area contributed by atoms with Crippen molar-refractivity contribution < 1.29 is 33.3 Å². The third kappa shape index (κ3) is 5.52. The highest BCUT2D eigenvalue weighted by atomic mass is 16.5. The number of hydrogen-bond acceptors (Lipinski definition) is 7. The first-order valence-corrected chi connectivity index (χ1v) is 10.3. The van der Waals surface area contributed by atoms with E-state index in [2.05, 4.69) is 4.98 Å². The molecule has 0 bridgehead atoms. The van der Waals surface area contributed by atoms with E-state index < -0.39 is 24.3 Å². The first kappa shape index (κ1) is 22.6. The molecule has 1 aromatic heterocycles. The van der Waals surface area contributed by atoms with Crippen molar-refractivity contribution in [1.29, 1.82) is 0 Å². The fraction of sp³-hybridized carbons (Fsp3) is 0.435. The largest absolute Gasteiger partial charge is 0.491 e. The van der Waals surface area contributed by atoms with Crippen molar-refractivity contribution >= 4 is 17.7 Å². The van der Waals surface area contributed by atoms with E-state index in [1.807, 2.05) is 0 Å². The van der Waals surface area contributed by atoms with E-state index in [1.165, 1.54) is 0 Å². The van der Waals surface area contributed by atoms with Gasteiger partial charge in [0, 0.05) is 12.3 Å². The third-order valence-corrected chi connectivity index (χ3v) is 5.08. The Labute approximate surface area is 180 Å². The summed E-state index contributed by atoms with van der Waals surface area (Å²) in [7, 11) is 0. The van der Waals surface area contributed by atoms with Gasteiger partial charge in [0.25, 0.3) is 0 Å². The van der Waals surface area contributed by atoms with Crippen LogP contribution in [-0.2, 0) is 14.2 Å². The SMILES string of the molecule is CCOC(=O)c1c(C)[nH]c(C(=O)COC(=O)c2ccc(OC[C@H]3CCCO3)cc2)c1C. The van der Waals surface area contributed by atoms with Gasteiger partial charge >= 0.3 is 11.9 Å². The Morgan fingerprint density at radius 2 is 1.84 bits per heavy atom. The molecular formula is C23H27NO7. The number of Topliss-reactive ketones (excluding diaryl/α,β-unsaturated/α-hetero) is 1. The Kier molecular flexibility index (Phi) is 7.46. The van der Waals surface area contributed by atoms with Crippen LogP contribution in [-0.4, -0.2) is 55.2 Å². The highest BCUT2D eigenvalue weighted by Crippen LogP contribution is 2.20. The number of H-pyrrole nitrogens is 1. The molecule has 0 saturated carbocycles. The van der Waals surface area contributed by atoms with Gasteiger partial charge in [-0.15, -0.1) is 0 Å². The standard InChI is InChI=1S/C23H27NO7/c1-4-28-23(27)20-14(2)21(24-15(20)3)19(25)13-31-22(26)16-7-9-17(10-8-16)30-12-18-6-5-11-29-18/h7-10,18,24H,4-6,11-13H2,1-3H3/t18-/m1/s1. The van der Waals surface area contributed by atoms with Crippen molar-refractivity contribution in [1.82, 2.24) is 4.98 Å². The Morgan fingerprint density at radius 1 is 1.10 bits per heavy atom. The molecule has 166 valence electrons. The van der Waals surface area contributed by atoms with Crippen LogP contribution >= 0.6 is 0 Å². The highest BCUT2D eigenvalue weighted by molar-refractivity contribution is 6.03. The Balaban J connectivity index is 1.55. The second kappa shape index (κ2) is 10.3. The molecule has 1 aliphatic rings. The number of ether oxygens (including phenoxy) is 4. The lowest BCUT2D eigenvalue weighted by Crippen LogP contribution is -2.17. The lowest BCUT2D eigenvalue weighted by atomic mass is 10.1. The number of aryl methyl sites for hydroxylation is 1. The van der Waals surface area contributed by atoms with Gasteiger partial charge in [-0.25, -0.2) is 9.59 Å². The second-order valence-electron chi connectivity index (χ2n) is 7.32. The van der Waals surface area contributed by atoms with E-state index in [1.54, 1.807) is 45.0 Å². The fourth-order valence-electron chi connectivity index (χ4n) is 3.48. The first-order valence-electron chi connectivity index (χ1n) is 10.3. The summed E-state index contributed by atoms with van der Waals surface area (Å²) in [6.07, 6.45) is 2.14. The monoisotopic (exact) mass is 429 g/mol. The number of hydrogen-bond donors (Lipinski definition) is 1. The summed E-state index contributed by atoms with van der Waals surface area (Å²) < 4.78 is 21.4. The summed E-state index contributed by atoms with van der Waals surface area (Å²) >= 11 is 0. The van der Waals surface area contributed by atoms with Crippen molar-refractivity contribution in [2.24, 2.45) is 0 Å². The molecule has 31 heavy (non-hydrogen) atoms. The molecule has 1 saturated heterocycles. The van der Waals surface area contributed by atoms with Crippen molar-refractivity contribution in [3.63, 3.8) is 0 Å². The van der Waals surface area contributed by atoms with E-state index in [9.17, 15) is 14.4 Å². The fourth-order valence-corrected chi connectivity index (χ4v) is 3.48. The molecule has 1 aliphatic heterocycles. The minimum absolute atomic E-state index is 0.111. The molecule has 3 rings (SSSR count). The second-order valence-corrected chi connectivity index (χ2v) is 7.32. The summed E-state index contributed by atoms with van der Waals surface area (Å²) in [5.74, 6) is -0.912. The van der Waals surface area contributed by atoms with E-state index >= 15 is 0 Å². The van der Waals surface area contributed by atoms with Crippen LogP contribution < -0.4 is 4.74 Å². The zero-order valence-corrected chi connectivity index (χ0v) is 18.0. The highest BCUT2D eigenvalue weighted by Gasteiger charge is 2.23. The van der Waals surface area contributed by atoms with Crippen LogP contribution in [0.4, 0.5) is 0 Å². The average Bonchev–Trinajstić information content (AvgIpc) is 3.38. The number of aromatic nitrogens is 1. The Hall–Kier alpha value is -3.13. The molecule has 0 aliphatic carbocycles. The van der Waals surface area contributed by atoms with Gasteiger partial charge < -0.3 is 23.9 Å². The number of aromatic amines is 1. The van der Waals surface area contributed by atoms with Gasteiger partial charge in [-0.3, -0.25) is 4.79 Å². The van der Waals surface area contributed by atoms with Crippen LogP contribution in [0.2, 0.25) is 0 Å².